The van der Waals surface area contributed by atoms with Gasteiger partial charge >= 0.3 is 0 Å². The number of anilines is 1. The SMILES string of the molecule is COc1ccc(-n2c(C)cc([C@@H]3[C@@H](c4ccccn4)NC(=S)N3c3cc(OC)ccc3OC)c2C)cc1. The highest BCUT2D eigenvalue weighted by Crippen LogP contribution is 2.47. The van der Waals surface area contributed by atoms with Gasteiger partial charge in [0, 0.05) is 29.3 Å². The Morgan fingerprint density at radius 1 is 0.865 bits per heavy atom. The van der Waals surface area contributed by atoms with Crippen molar-refractivity contribution in [3.05, 3.63) is 95.6 Å². The van der Waals surface area contributed by atoms with Crippen LogP contribution in [0.4, 0.5) is 5.69 Å². The quantitative estimate of drug-likeness (QED) is 0.318. The molecule has 0 spiro atoms. The third-order valence-corrected chi connectivity index (χ3v) is 7.18. The van der Waals surface area contributed by atoms with Crippen LogP contribution in [0.5, 0.6) is 17.2 Å². The number of aromatic nitrogens is 2. The van der Waals surface area contributed by atoms with Crippen LogP contribution >= 0.6 is 12.2 Å². The summed E-state index contributed by atoms with van der Waals surface area (Å²) in [4.78, 5) is 6.81. The Labute approximate surface area is 222 Å². The maximum absolute atomic E-state index is 5.94. The maximum Gasteiger partial charge on any atom is 0.174 e. The fourth-order valence-electron chi connectivity index (χ4n) is 5.13. The van der Waals surface area contributed by atoms with E-state index in [2.05, 4.69) is 51.8 Å². The minimum atomic E-state index is -0.179. The normalized spacial score (nSPS) is 17.0. The van der Waals surface area contributed by atoms with Gasteiger partial charge in [-0.05, 0) is 86.2 Å². The van der Waals surface area contributed by atoms with Crippen molar-refractivity contribution in [3.63, 3.8) is 0 Å². The third-order valence-electron chi connectivity index (χ3n) is 6.86. The van der Waals surface area contributed by atoms with E-state index in [1.807, 2.05) is 54.7 Å². The summed E-state index contributed by atoms with van der Waals surface area (Å²) in [5, 5.41) is 4.14. The number of pyridine rings is 1. The molecule has 1 aliphatic heterocycles. The van der Waals surface area contributed by atoms with Gasteiger partial charge in [-0.15, -0.1) is 0 Å². The van der Waals surface area contributed by atoms with Crippen molar-refractivity contribution < 1.29 is 14.2 Å². The van der Waals surface area contributed by atoms with Crippen LogP contribution in [0.1, 0.15) is 34.7 Å². The number of rotatable bonds is 7. The highest BCUT2D eigenvalue weighted by Gasteiger charge is 2.43. The number of benzene rings is 2. The topological polar surface area (TPSA) is 60.8 Å². The average molecular weight is 515 g/mol. The van der Waals surface area contributed by atoms with Crippen molar-refractivity contribution in [3.8, 4) is 22.9 Å². The molecular formula is C29H30N4O3S. The van der Waals surface area contributed by atoms with Gasteiger partial charge in [-0.2, -0.15) is 0 Å². The molecule has 37 heavy (non-hydrogen) atoms. The molecule has 1 saturated heterocycles. The van der Waals surface area contributed by atoms with Crippen LogP contribution in [-0.2, 0) is 0 Å². The molecule has 4 aromatic rings. The van der Waals surface area contributed by atoms with Gasteiger partial charge in [-0.25, -0.2) is 0 Å². The van der Waals surface area contributed by atoms with Crippen LogP contribution in [-0.4, -0.2) is 36.0 Å². The van der Waals surface area contributed by atoms with Crippen molar-refractivity contribution in [2.24, 2.45) is 0 Å². The second kappa shape index (κ2) is 10.1. The molecule has 0 unspecified atom stereocenters. The summed E-state index contributed by atoms with van der Waals surface area (Å²) in [6.45, 7) is 4.26. The van der Waals surface area contributed by atoms with Gasteiger partial charge in [-0.3, -0.25) is 4.98 Å². The van der Waals surface area contributed by atoms with E-state index in [1.165, 1.54) is 0 Å². The van der Waals surface area contributed by atoms with Crippen LogP contribution in [0.2, 0.25) is 0 Å². The number of hydrogen-bond donors (Lipinski definition) is 1. The smallest absolute Gasteiger partial charge is 0.174 e. The van der Waals surface area contributed by atoms with Crippen molar-refractivity contribution in [2.75, 3.05) is 26.2 Å². The lowest BCUT2D eigenvalue weighted by atomic mass is 9.96. The Balaban J connectivity index is 1.69. The van der Waals surface area contributed by atoms with Gasteiger partial charge in [0.05, 0.1) is 44.8 Å². The number of ether oxygens (including phenoxy) is 3. The van der Waals surface area contributed by atoms with E-state index in [1.54, 1.807) is 21.3 Å². The molecule has 2 aromatic carbocycles. The van der Waals surface area contributed by atoms with E-state index >= 15 is 0 Å². The summed E-state index contributed by atoms with van der Waals surface area (Å²) in [6, 6.07) is 21.7. The van der Waals surface area contributed by atoms with E-state index < -0.39 is 0 Å². The molecule has 3 heterocycles. The molecule has 7 nitrogen and oxygen atoms in total. The lowest BCUT2D eigenvalue weighted by Gasteiger charge is -2.29. The summed E-state index contributed by atoms with van der Waals surface area (Å²) in [6.07, 6.45) is 1.81. The zero-order valence-corrected chi connectivity index (χ0v) is 22.4. The monoisotopic (exact) mass is 514 g/mol. The average Bonchev–Trinajstić information content (AvgIpc) is 3.43. The molecule has 0 bridgehead atoms. The van der Waals surface area contributed by atoms with Gasteiger partial charge in [0.25, 0.3) is 0 Å². The Hall–Kier alpha value is -4.04. The summed E-state index contributed by atoms with van der Waals surface area (Å²) in [7, 11) is 5.00. The highest BCUT2D eigenvalue weighted by atomic mass is 32.1. The van der Waals surface area contributed by atoms with E-state index in [-0.39, 0.29) is 12.1 Å². The van der Waals surface area contributed by atoms with E-state index in [0.717, 1.165) is 45.5 Å². The molecule has 8 heteroatoms. The van der Waals surface area contributed by atoms with E-state index in [0.29, 0.717) is 10.9 Å². The third kappa shape index (κ3) is 4.38. The summed E-state index contributed by atoms with van der Waals surface area (Å²) >= 11 is 5.94. The lowest BCUT2D eigenvalue weighted by molar-refractivity contribution is 0.403. The number of nitrogens with zero attached hydrogens (tertiary/aromatic N) is 3. The van der Waals surface area contributed by atoms with Crippen LogP contribution < -0.4 is 24.4 Å². The number of methoxy groups -OCH3 is 3. The van der Waals surface area contributed by atoms with Gasteiger partial charge < -0.3 is 29.0 Å². The highest BCUT2D eigenvalue weighted by molar-refractivity contribution is 7.80. The van der Waals surface area contributed by atoms with Gasteiger partial charge in [0.2, 0.25) is 0 Å². The molecule has 2 atom stereocenters. The second-order valence-electron chi connectivity index (χ2n) is 8.89. The number of thiocarbonyl (C=S) groups is 1. The Morgan fingerprint density at radius 3 is 2.24 bits per heavy atom. The van der Waals surface area contributed by atoms with Crippen LogP contribution in [0.25, 0.3) is 5.69 Å². The van der Waals surface area contributed by atoms with Crippen LogP contribution in [0.3, 0.4) is 0 Å². The van der Waals surface area contributed by atoms with Crippen molar-refractivity contribution in [1.82, 2.24) is 14.9 Å². The van der Waals surface area contributed by atoms with Gasteiger partial charge in [0.15, 0.2) is 5.11 Å². The molecule has 190 valence electrons. The van der Waals surface area contributed by atoms with Crippen LogP contribution in [0, 0.1) is 13.8 Å². The van der Waals surface area contributed by atoms with E-state index in [9.17, 15) is 0 Å². The van der Waals surface area contributed by atoms with E-state index in [4.69, 9.17) is 26.4 Å². The molecule has 0 aliphatic carbocycles. The Morgan fingerprint density at radius 2 is 1.59 bits per heavy atom. The van der Waals surface area contributed by atoms with Crippen molar-refractivity contribution >= 4 is 23.0 Å². The second-order valence-corrected chi connectivity index (χ2v) is 9.28. The zero-order chi connectivity index (χ0) is 26.1. The van der Waals surface area contributed by atoms with Gasteiger partial charge in [-0.1, -0.05) is 6.07 Å². The van der Waals surface area contributed by atoms with Gasteiger partial charge in [0.1, 0.15) is 17.2 Å². The summed E-state index contributed by atoms with van der Waals surface area (Å²) in [5.74, 6) is 2.26. The molecule has 1 aliphatic rings. The van der Waals surface area contributed by atoms with Crippen LogP contribution in [0.15, 0.2) is 72.9 Å². The zero-order valence-electron chi connectivity index (χ0n) is 21.6. The van der Waals surface area contributed by atoms with Crippen molar-refractivity contribution in [1.29, 1.82) is 0 Å². The minimum absolute atomic E-state index is 0.172. The summed E-state index contributed by atoms with van der Waals surface area (Å²) < 4.78 is 18.9. The minimum Gasteiger partial charge on any atom is -0.497 e. The Kier molecular flexibility index (Phi) is 6.76. The first-order valence-electron chi connectivity index (χ1n) is 12.0. The molecule has 2 aromatic heterocycles. The predicted octanol–water partition coefficient (Wildman–Crippen LogP) is 5.69. The lowest BCUT2D eigenvalue weighted by Crippen LogP contribution is -2.30. The number of hydrogen-bond acceptors (Lipinski definition) is 5. The fourth-order valence-corrected chi connectivity index (χ4v) is 5.47. The molecule has 0 amide bonds. The molecular weight excluding hydrogens is 484 g/mol. The molecule has 5 rings (SSSR count). The fraction of sp³-hybridized carbons (Fsp3) is 0.241. The summed E-state index contributed by atoms with van der Waals surface area (Å²) in [5.41, 5.74) is 6.18. The molecule has 1 fully saturated rings. The first-order valence-corrected chi connectivity index (χ1v) is 12.4. The molecule has 0 radical (unpaired) electrons. The van der Waals surface area contributed by atoms with Crippen molar-refractivity contribution in [2.45, 2.75) is 25.9 Å². The first kappa shape index (κ1) is 24.6. The number of nitrogens with one attached hydrogen (secondary N) is 1. The largest absolute Gasteiger partial charge is 0.497 e. The maximum atomic E-state index is 5.94. The Bertz CT molecular complexity index is 1420. The first-order chi connectivity index (χ1) is 18.0. The standard InChI is InChI=1S/C29H30N4O3S/c1-18-16-23(19(2)32(18)20-9-11-21(34-3)12-10-20)28-27(24-8-6-7-15-30-24)31-29(37)33(28)25-17-22(35-4)13-14-26(25)36-5/h6-17,27-28H,1-5H3,(H,31,37)/t27-,28-/m1/s1. The number of aryl methyl sites for hydroxylation is 1. The molecule has 1 N–H and O–H groups in total. The predicted molar refractivity (Wildman–Crippen MR) is 149 cm³/mol. The molecule has 0 saturated carbocycles.